The molecule has 0 N–H and O–H groups in total. The largest absolute Gasteiger partial charge is 0.159 e. The summed E-state index contributed by atoms with van der Waals surface area (Å²) in [6, 6.07) is 0. The van der Waals surface area contributed by atoms with Gasteiger partial charge >= 0.3 is 0 Å². The van der Waals surface area contributed by atoms with E-state index in [1.807, 2.05) is 19.9 Å². The number of hydrogen-bond donors (Lipinski definition) is 0. The smallest absolute Gasteiger partial charge is 0.0850 e. The van der Waals surface area contributed by atoms with Crippen LogP contribution >= 0.6 is 11.6 Å². The topological polar surface area (TPSA) is 26.5 Å². The van der Waals surface area contributed by atoms with Gasteiger partial charge in [0.25, 0.3) is 0 Å². The van der Waals surface area contributed by atoms with Gasteiger partial charge in [-0.05, 0) is 19.9 Å². The van der Waals surface area contributed by atoms with Crippen LogP contribution < -0.4 is 5.43 Å². The number of rotatable bonds is 1. The Hall–Kier alpha value is -0.500. The highest BCUT2D eigenvalue weighted by atomic mass is 35.5. The van der Waals surface area contributed by atoms with Gasteiger partial charge in [-0.3, -0.25) is 0 Å². The second kappa shape index (κ2) is 2.03. The third-order valence-electron chi connectivity index (χ3n) is 1.07. The highest BCUT2D eigenvalue weighted by Gasteiger charge is 2.21. The fraction of sp³-hybridized carbons (Fsp3) is 0.500. The molecule has 2 nitrogen and oxygen atoms in total. The summed E-state index contributed by atoms with van der Waals surface area (Å²) in [5, 5.41) is 3.81. The molecule has 0 saturated carbocycles. The van der Waals surface area contributed by atoms with Crippen LogP contribution in [-0.4, -0.2) is 10.6 Å². The van der Waals surface area contributed by atoms with Crippen molar-refractivity contribution in [1.29, 1.82) is 0 Å². The molecule has 0 spiro atoms. The maximum Gasteiger partial charge on any atom is 0.0850 e. The molecule has 0 saturated heterocycles. The molecule has 0 aromatic heterocycles. The molecule has 49 valence electrons. The van der Waals surface area contributed by atoms with Gasteiger partial charge in [-0.1, -0.05) is 0 Å². The van der Waals surface area contributed by atoms with Crippen LogP contribution in [0.1, 0.15) is 13.8 Å². The van der Waals surface area contributed by atoms with Gasteiger partial charge in [0, 0.05) is 0 Å². The molecule has 3 heteroatoms. The van der Waals surface area contributed by atoms with E-state index in [1.54, 1.807) is 6.20 Å². The van der Waals surface area contributed by atoms with E-state index in [-0.39, 0.29) is 4.87 Å². The van der Waals surface area contributed by atoms with Crippen LogP contribution in [0.25, 0.3) is 0 Å². The molecule has 1 aliphatic rings. The quantitative estimate of drug-likeness (QED) is 0.498. The van der Waals surface area contributed by atoms with Gasteiger partial charge in [-0.15, -0.1) is 11.6 Å². The molecule has 1 aliphatic heterocycles. The summed E-state index contributed by atoms with van der Waals surface area (Å²) in [6.45, 7) is 3.77. The van der Waals surface area contributed by atoms with E-state index in [1.165, 1.54) is 0 Å². The molecule has 0 atom stereocenters. The lowest BCUT2D eigenvalue weighted by atomic mass is 10.1. The summed E-state index contributed by atoms with van der Waals surface area (Å²) < 4.78 is 0. The van der Waals surface area contributed by atoms with Crippen LogP contribution in [0, 0.1) is 0 Å². The van der Waals surface area contributed by atoms with Crippen LogP contribution in [0.15, 0.2) is 17.4 Å². The maximum atomic E-state index is 5.90. The highest BCUT2D eigenvalue weighted by Crippen LogP contribution is 2.17. The number of alkyl halides is 1. The first kappa shape index (κ1) is 6.62. The van der Waals surface area contributed by atoms with Crippen LogP contribution in [0.5, 0.6) is 0 Å². The average molecular weight is 144 g/mol. The number of allylic oxidation sites excluding steroid dienone is 1. The van der Waals surface area contributed by atoms with Crippen molar-refractivity contribution >= 4 is 17.3 Å². The van der Waals surface area contributed by atoms with Gasteiger partial charge in [0.15, 0.2) is 0 Å². The highest BCUT2D eigenvalue weighted by molar-refractivity contribution is 6.37. The number of hydrogen-bond acceptors (Lipinski definition) is 1. The molecule has 0 amide bonds. The van der Waals surface area contributed by atoms with E-state index < -0.39 is 0 Å². The standard InChI is InChI=1S/C6H8ClN2/c1-6(2,7)5-3-4-8-9-5/h3-4H,1-2H3. The Morgan fingerprint density at radius 1 is 1.56 bits per heavy atom. The summed E-state index contributed by atoms with van der Waals surface area (Å²) in [6.07, 6.45) is 3.45. The van der Waals surface area contributed by atoms with Crippen molar-refractivity contribution in [2.45, 2.75) is 18.7 Å². The van der Waals surface area contributed by atoms with Gasteiger partial charge in [0.1, 0.15) is 0 Å². The first-order chi connectivity index (χ1) is 4.11. The third-order valence-corrected chi connectivity index (χ3v) is 1.27. The lowest BCUT2D eigenvalue weighted by Crippen LogP contribution is -2.21. The minimum Gasteiger partial charge on any atom is -0.159 e. The first-order valence-electron chi connectivity index (χ1n) is 2.74. The van der Waals surface area contributed by atoms with Crippen molar-refractivity contribution in [1.82, 2.24) is 5.43 Å². The molecule has 0 fully saturated rings. The second-order valence-corrected chi connectivity index (χ2v) is 3.33. The van der Waals surface area contributed by atoms with E-state index in [0.29, 0.717) is 0 Å². The Balaban J connectivity index is 2.73. The number of nitrogens with zero attached hydrogens (tertiary/aromatic N) is 2. The summed E-state index contributed by atoms with van der Waals surface area (Å²) in [7, 11) is 0. The van der Waals surface area contributed by atoms with E-state index in [9.17, 15) is 0 Å². The molecule has 0 bridgehead atoms. The molecule has 9 heavy (non-hydrogen) atoms. The molecule has 0 aromatic carbocycles. The van der Waals surface area contributed by atoms with Gasteiger partial charge in [-0.2, -0.15) is 10.5 Å². The van der Waals surface area contributed by atoms with Crippen LogP contribution in [-0.2, 0) is 0 Å². The Labute approximate surface area is 59.6 Å². The molecule has 0 aromatic rings. The minimum atomic E-state index is -0.378. The fourth-order valence-corrected chi connectivity index (χ4v) is 0.651. The Bertz CT molecular complexity index is 164. The lowest BCUT2D eigenvalue weighted by molar-refractivity contribution is 0.901. The monoisotopic (exact) mass is 143 g/mol. The van der Waals surface area contributed by atoms with Gasteiger partial charge in [0.2, 0.25) is 0 Å². The predicted octanol–water partition coefficient (Wildman–Crippen LogP) is 1.49. The fourth-order valence-electron chi connectivity index (χ4n) is 0.550. The second-order valence-electron chi connectivity index (χ2n) is 2.39. The Morgan fingerprint density at radius 2 is 2.22 bits per heavy atom. The summed E-state index contributed by atoms with van der Waals surface area (Å²) in [5.41, 5.74) is 4.48. The van der Waals surface area contributed by atoms with Crippen molar-refractivity contribution in [3.63, 3.8) is 0 Å². The lowest BCUT2D eigenvalue weighted by Gasteiger charge is -2.11. The molecule has 1 heterocycles. The number of halogens is 1. The van der Waals surface area contributed by atoms with E-state index in [0.717, 1.165) is 5.71 Å². The normalized spacial score (nSPS) is 17.4. The van der Waals surface area contributed by atoms with Crippen molar-refractivity contribution in [3.05, 3.63) is 12.3 Å². The zero-order chi connectivity index (χ0) is 6.91. The molecular weight excluding hydrogens is 136 g/mol. The van der Waals surface area contributed by atoms with Crippen molar-refractivity contribution in [3.8, 4) is 0 Å². The summed E-state index contributed by atoms with van der Waals surface area (Å²) in [4.78, 5) is -0.378. The molecular formula is C6H8ClN2. The molecule has 0 aliphatic carbocycles. The zero-order valence-corrected chi connectivity index (χ0v) is 6.18. The van der Waals surface area contributed by atoms with Crippen molar-refractivity contribution in [2.24, 2.45) is 5.10 Å². The van der Waals surface area contributed by atoms with Crippen LogP contribution in [0.3, 0.4) is 0 Å². The van der Waals surface area contributed by atoms with E-state index in [4.69, 9.17) is 11.6 Å². The van der Waals surface area contributed by atoms with E-state index >= 15 is 0 Å². The predicted molar refractivity (Wildman–Crippen MR) is 38.6 cm³/mol. The molecule has 1 rings (SSSR count). The van der Waals surface area contributed by atoms with Gasteiger partial charge < -0.3 is 0 Å². The third kappa shape index (κ3) is 1.45. The zero-order valence-electron chi connectivity index (χ0n) is 5.43. The SMILES string of the molecule is CC(C)(Cl)C1=N[N]C=C1. The Morgan fingerprint density at radius 3 is 2.44 bits per heavy atom. The van der Waals surface area contributed by atoms with E-state index in [2.05, 4.69) is 10.5 Å². The molecule has 0 unspecified atom stereocenters. The van der Waals surface area contributed by atoms with Gasteiger partial charge in [0.05, 0.1) is 16.8 Å². The first-order valence-corrected chi connectivity index (χ1v) is 3.12. The van der Waals surface area contributed by atoms with Gasteiger partial charge in [-0.25, -0.2) is 0 Å². The van der Waals surface area contributed by atoms with Crippen LogP contribution in [0.2, 0.25) is 0 Å². The van der Waals surface area contributed by atoms with Crippen molar-refractivity contribution in [2.75, 3.05) is 0 Å². The summed E-state index contributed by atoms with van der Waals surface area (Å²) >= 11 is 5.90. The Kier molecular flexibility index (Phi) is 1.49. The maximum absolute atomic E-state index is 5.90. The van der Waals surface area contributed by atoms with Crippen molar-refractivity contribution < 1.29 is 0 Å². The molecule has 1 radical (unpaired) electrons. The average Bonchev–Trinajstić information content (AvgIpc) is 2.08. The minimum absolute atomic E-state index is 0.378. The van der Waals surface area contributed by atoms with Crippen LogP contribution in [0.4, 0.5) is 0 Å². The summed E-state index contributed by atoms with van der Waals surface area (Å²) in [5.74, 6) is 0.